The van der Waals surface area contributed by atoms with Crippen LogP contribution in [0.5, 0.6) is 5.75 Å². The van der Waals surface area contributed by atoms with Gasteiger partial charge in [0.05, 0.1) is 12.7 Å². The van der Waals surface area contributed by atoms with Gasteiger partial charge < -0.3 is 9.47 Å². The lowest BCUT2D eigenvalue weighted by Crippen LogP contribution is -2.03. The minimum atomic E-state index is -0.333. The van der Waals surface area contributed by atoms with E-state index in [1.807, 2.05) is 24.3 Å². The molecule has 3 nitrogen and oxygen atoms in total. The molecule has 0 spiro atoms. The van der Waals surface area contributed by atoms with Crippen LogP contribution in [-0.2, 0) is 17.8 Å². The number of hydrogen-bond acceptors (Lipinski definition) is 3. The molecule has 0 aromatic heterocycles. The number of hydrogen-bond donors (Lipinski definition) is 0. The smallest absolute Gasteiger partial charge is 0.337 e. The van der Waals surface area contributed by atoms with Crippen LogP contribution >= 0.6 is 0 Å². The van der Waals surface area contributed by atoms with E-state index in [9.17, 15) is 4.79 Å². The second kappa shape index (κ2) is 9.76. The third-order valence-corrected chi connectivity index (χ3v) is 3.89. The number of aryl methyl sites for hydroxylation is 1. The minimum absolute atomic E-state index is 0.333. The first kappa shape index (κ1) is 18.1. The Balaban J connectivity index is 1.85. The first-order valence-electron chi connectivity index (χ1n) is 8.41. The molecule has 0 atom stereocenters. The lowest BCUT2D eigenvalue weighted by molar-refractivity contribution is 0.0600. The fraction of sp³-hybridized carbons (Fsp3) is 0.333. The van der Waals surface area contributed by atoms with Crippen molar-refractivity contribution in [2.24, 2.45) is 0 Å². The normalized spacial score (nSPS) is 10.4. The van der Waals surface area contributed by atoms with Crippen molar-refractivity contribution in [3.8, 4) is 5.75 Å². The van der Waals surface area contributed by atoms with Crippen LogP contribution in [-0.4, -0.2) is 13.1 Å². The van der Waals surface area contributed by atoms with Gasteiger partial charge in [0, 0.05) is 0 Å². The molecule has 0 amide bonds. The molecule has 2 aromatic carbocycles. The van der Waals surface area contributed by atoms with Crippen LogP contribution in [0.15, 0.2) is 48.5 Å². The monoisotopic (exact) mass is 325 g/mol. The fourth-order valence-corrected chi connectivity index (χ4v) is 2.51. The summed E-state index contributed by atoms with van der Waals surface area (Å²) in [6, 6.07) is 15.5. The molecular weight excluding hydrogens is 300 g/mol. The van der Waals surface area contributed by atoms with E-state index < -0.39 is 0 Å². The lowest BCUT2D eigenvalue weighted by atomic mass is 10.1. The Bertz CT molecular complexity index is 632. The molecule has 2 rings (SSSR count). The molecule has 0 N–H and O–H groups in total. The molecule has 3 heteroatoms. The average molecular weight is 325 g/mol. The first-order chi connectivity index (χ1) is 11.7. The topological polar surface area (TPSA) is 35.5 Å². The predicted molar refractivity (Wildman–Crippen MR) is 96.1 cm³/mol. The third kappa shape index (κ3) is 5.73. The van der Waals surface area contributed by atoms with Crippen LogP contribution < -0.4 is 4.74 Å². The highest BCUT2D eigenvalue weighted by Gasteiger charge is 2.06. The zero-order chi connectivity index (χ0) is 17.2. The predicted octanol–water partition coefficient (Wildman–Crippen LogP) is 4.99. The molecule has 0 saturated heterocycles. The van der Waals surface area contributed by atoms with Crippen molar-refractivity contribution >= 4 is 5.97 Å². The lowest BCUT2D eigenvalue weighted by Gasteiger charge is -2.08. The van der Waals surface area contributed by atoms with Crippen molar-refractivity contribution in [3.05, 3.63) is 72.1 Å². The van der Waals surface area contributed by atoms with Crippen molar-refractivity contribution in [1.29, 1.82) is 0 Å². The maximum Gasteiger partial charge on any atom is 0.337 e. The number of methoxy groups -OCH3 is 1. The van der Waals surface area contributed by atoms with E-state index in [2.05, 4.69) is 19.1 Å². The van der Waals surface area contributed by atoms with Crippen molar-refractivity contribution in [1.82, 2.24) is 0 Å². The maximum atomic E-state index is 11.5. The van der Waals surface area contributed by atoms with E-state index in [4.69, 9.17) is 9.47 Å². The van der Waals surface area contributed by atoms with Gasteiger partial charge in [-0.2, -0.15) is 0 Å². The standard InChI is InChI=1S/C21H25O3/c1-3-4-5-6-8-17-11-13-20(14-12-17)24-16-18-9-7-10-19(15-18)21(22)23-2/h7,9-15H,1,3-6,8,16H2,2H3. The van der Waals surface area contributed by atoms with E-state index in [0.29, 0.717) is 12.2 Å². The van der Waals surface area contributed by atoms with Gasteiger partial charge in [0.2, 0.25) is 0 Å². The van der Waals surface area contributed by atoms with Crippen LogP contribution in [0.25, 0.3) is 0 Å². The molecule has 0 bridgehead atoms. The molecule has 0 unspecified atom stereocenters. The van der Waals surface area contributed by atoms with Gasteiger partial charge in [-0.05, 0) is 48.2 Å². The molecule has 2 aromatic rings. The van der Waals surface area contributed by atoms with Gasteiger partial charge in [0.1, 0.15) is 12.4 Å². The zero-order valence-electron chi connectivity index (χ0n) is 14.3. The zero-order valence-corrected chi connectivity index (χ0v) is 14.3. The van der Waals surface area contributed by atoms with Crippen molar-refractivity contribution in [2.45, 2.75) is 38.7 Å². The van der Waals surface area contributed by atoms with Crippen LogP contribution in [0.4, 0.5) is 0 Å². The minimum Gasteiger partial charge on any atom is -0.489 e. The summed E-state index contributed by atoms with van der Waals surface area (Å²) in [4.78, 5) is 11.5. The van der Waals surface area contributed by atoms with E-state index in [-0.39, 0.29) is 5.97 Å². The summed E-state index contributed by atoms with van der Waals surface area (Å²) in [5.74, 6) is 0.500. The summed E-state index contributed by atoms with van der Waals surface area (Å²) >= 11 is 0. The first-order valence-corrected chi connectivity index (χ1v) is 8.41. The highest BCUT2D eigenvalue weighted by atomic mass is 16.5. The number of carbonyl (C=O) groups excluding carboxylic acids is 1. The highest BCUT2D eigenvalue weighted by molar-refractivity contribution is 5.89. The number of esters is 1. The number of ether oxygens (including phenoxy) is 2. The Morgan fingerprint density at radius 3 is 2.50 bits per heavy atom. The number of carbonyl (C=O) groups is 1. The Morgan fingerprint density at radius 1 is 1.00 bits per heavy atom. The van der Waals surface area contributed by atoms with Crippen LogP contribution in [0.1, 0.15) is 47.2 Å². The van der Waals surface area contributed by atoms with Crippen LogP contribution in [0, 0.1) is 6.92 Å². The third-order valence-electron chi connectivity index (χ3n) is 3.89. The molecule has 0 aliphatic heterocycles. The molecule has 24 heavy (non-hydrogen) atoms. The Labute approximate surface area is 144 Å². The molecule has 0 aliphatic rings. The van der Waals surface area contributed by atoms with E-state index in [1.54, 1.807) is 12.1 Å². The number of unbranched alkanes of at least 4 members (excludes halogenated alkanes) is 3. The van der Waals surface area contributed by atoms with Crippen molar-refractivity contribution in [2.75, 3.05) is 7.11 Å². The fourth-order valence-electron chi connectivity index (χ4n) is 2.51. The van der Waals surface area contributed by atoms with Gasteiger partial charge in [0.15, 0.2) is 0 Å². The van der Waals surface area contributed by atoms with Gasteiger partial charge in [-0.25, -0.2) is 4.79 Å². The van der Waals surface area contributed by atoms with Gasteiger partial charge in [-0.1, -0.05) is 50.5 Å². The van der Waals surface area contributed by atoms with Gasteiger partial charge in [0.25, 0.3) is 0 Å². The largest absolute Gasteiger partial charge is 0.489 e. The van der Waals surface area contributed by atoms with E-state index in [1.165, 1.54) is 31.9 Å². The quantitative estimate of drug-likeness (QED) is 0.481. The van der Waals surface area contributed by atoms with Crippen molar-refractivity contribution < 1.29 is 14.3 Å². The Kier molecular flexibility index (Phi) is 7.34. The number of rotatable bonds is 9. The van der Waals surface area contributed by atoms with Crippen LogP contribution in [0.2, 0.25) is 0 Å². The second-order valence-corrected chi connectivity index (χ2v) is 5.79. The highest BCUT2D eigenvalue weighted by Crippen LogP contribution is 2.16. The van der Waals surface area contributed by atoms with Crippen LogP contribution in [0.3, 0.4) is 0 Å². The molecule has 0 fully saturated rings. The Morgan fingerprint density at radius 2 is 1.79 bits per heavy atom. The average Bonchev–Trinajstić information content (AvgIpc) is 2.64. The summed E-state index contributed by atoms with van der Waals surface area (Å²) in [6.45, 7) is 4.29. The van der Waals surface area contributed by atoms with Gasteiger partial charge in [-0.15, -0.1) is 0 Å². The molecule has 0 heterocycles. The molecule has 1 radical (unpaired) electrons. The molecule has 0 aliphatic carbocycles. The SMILES string of the molecule is [CH2]CCCCCc1ccc(OCc2cccc(C(=O)OC)c2)cc1. The summed E-state index contributed by atoms with van der Waals surface area (Å²) in [5.41, 5.74) is 2.81. The summed E-state index contributed by atoms with van der Waals surface area (Å²) in [7, 11) is 1.38. The summed E-state index contributed by atoms with van der Waals surface area (Å²) in [6.07, 6.45) is 5.76. The molecule has 0 saturated carbocycles. The summed E-state index contributed by atoms with van der Waals surface area (Å²) in [5, 5.41) is 0. The number of benzene rings is 2. The second-order valence-electron chi connectivity index (χ2n) is 5.79. The molecular formula is C21H25O3. The van der Waals surface area contributed by atoms with Gasteiger partial charge >= 0.3 is 5.97 Å². The van der Waals surface area contributed by atoms with E-state index >= 15 is 0 Å². The molecule has 127 valence electrons. The Hall–Kier alpha value is -2.29. The van der Waals surface area contributed by atoms with Gasteiger partial charge in [-0.3, -0.25) is 0 Å². The van der Waals surface area contributed by atoms with Crippen molar-refractivity contribution in [3.63, 3.8) is 0 Å². The maximum absolute atomic E-state index is 11.5. The van der Waals surface area contributed by atoms with E-state index in [0.717, 1.165) is 24.2 Å². The summed E-state index contributed by atoms with van der Waals surface area (Å²) < 4.78 is 10.5.